The molecule has 0 saturated heterocycles. The smallest absolute Gasteiger partial charge is 0.422 e. The molecule has 5 nitrogen and oxygen atoms in total. The van der Waals surface area contributed by atoms with E-state index >= 15 is 0 Å². The fourth-order valence-electron chi connectivity index (χ4n) is 2.56. The van der Waals surface area contributed by atoms with Gasteiger partial charge in [-0.1, -0.05) is 12.1 Å². The molecule has 1 aromatic carbocycles. The van der Waals surface area contributed by atoms with Crippen molar-refractivity contribution >= 4 is 5.91 Å². The molecule has 0 saturated carbocycles. The van der Waals surface area contributed by atoms with Gasteiger partial charge in [0.05, 0.1) is 24.3 Å². The lowest BCUT2D eigenvalue weighted by atomic mass is 10.1. The van der Waals surface area contributed by atoms with Crippen LogP contribution in [-0.4, -0.2) is 41.4 Å². The minimum Gasteiger partial charge on any atom is -0.483 e. The Bertz CT molecular complexity index is 836. The number of amides is 1. The van der Waals surface area contributed by atoms with Crippen LogP contribution in [0.2, 0.25) is 0 Å². The number of hydrogen-bond donors (Lipinski definition) is 2. The molecule has 1 heterocycles. The number of benzene rings is 1. The molecule has 2 rings (SSSR count). The number of carbonyl (C=O) groups excluding carboxylic acids is 1. The molecule has 0 radical (unpaired) electrons. The second-order valence-corrected chi connectivity index (χ2v) is 6.76. The van der Waals surface area contributed by atoms with Crippen molar-refractivity contribution in [3.05, 3.63) is 59.4 Å². The minimum atomic E-state index is -4.45. The third-order valence-corrected chi connectivity index (χ3v) is 4.09. The first-order valence-electron chi connectivity index (χ1n) is 9.18. The number of pyridine rings is 1. The summed E-state index contributed by atoms with van der Waals surface area (Å²) in [6, 6.07) is 7.00. The predicted molar refractivity (Wildman–Crippen MR) is 98.3 cm³/mol. The number of alkyl halides is 6. The van der Waals surface area contributed by atoms with Crippen LogP contribution >= 0.6 is 0 Å². The Kier molecular flexibility index (Phi) is 8.26. The van der Waals surface area contributed by atoms with Crippen LogP contribution in [0.15, 0.2) is 42.6 Å². The topological polar surface area (TPSA) is 71.5 Å². The van der Waals surface area contributed by atoms with Gasteiger partial charge in [0.25, 0.3) is 0 Å². The van der Waals surface area contributed by atoms with Crippen LogP contribution in [0.3, 0.4) is 0 Å². The molecule has 31 heavy (non-hydrogen) atoms. The van der Waals surface area contributed by atoms with Gasteiger partial charge < -0.3 is 15.2 Å². The molecule has 0 spiro atoms. The Morgan fingerprint density at radius 1 is 1.06 bits per heavy atom. The van der Waals surface area contributed by atoms with Crippen molar-refractivity contribution in [2.75, 3.05) is 13.2 Å². The number of rotatable bonds is 9. The highest BCUT2D eigenvalue weighted by atomic mass is 19.4. The molecule has 2 aromatic rings. The van der Waals surface area contributed by atoms with Crippen LogP contribution in [0.4, 0.5) is 26.3 Å². The van der Waals surface area contributed by atoms with E-state index in [1.807, 2.05) is 0 Å². The maximum Gasteiger partial charge on any atom is 0.422 e. The van der Waals surface area contributed by atoms with Crippen molar-refractivity contribution in [2.24, 2.45) is 0 Å². The fourth-order valence-corrected chi connectivity index (χ4v) is 2.56. The van der Waals surface area contributed by atoms with E-state index in [1.54, 1.807) is 0 Å². The Labute approximate surface area is 174 Å². The highest BCUT2D eigenvalue weighted by Gasteiger charge is 2.30. The Balaban J connectivity index is 1.70. The highest BCUT2D eigenvalue weighted by Crippen LogP contribution is 2.29. The molecule has 0 bridgehead atoms. The van der Waals surface area contributed by atoms with E-state index in [9.17, 15) is 36.2 Å². The first-order chi connectivity index (χ1) is 14.4. The zero-order chi connectivity index (χ0) is 23.1. The summed E-state index contributed by atoms with van der Waals surface area (Å²) in [5.74, 6) is -0.456. The summed E-state index contributed by atoms with van der Waals surface area (Å²) >= 11 is 0. The summed E-state index contributed by atoms with van der Waals surface area (Å²) < 4.78 is 78.4. The monoisotopic (exact) mass is 450 g/mol. The molecule has 1 atom stereocenters. The third kappa shape index (κ3) is 9.24. The number of hydrogen-bond acceptors (Lipinski definition) is 4. The van der Waals surface area contributed by atoms with Crippen molar-refractivity contribution in [1.82, 2.24) is 10.3 Å². The van der Waals surface area contributed by atoms with Gasteiger partial charge in [0.2, 0.25) is 5.91 Å². The van der Waals surface area contributed by atoms with Gasteiger partial charge in [-0.25, -0.2) is 0 Å². The largest absolute Gasteiger partial charge is 0.483 e. The third-order valence-electron chi connectivity index (χ3n) is 4.09. The molecule has 0 aliphatic carbocycles. The summed E-state index contributed by atoms with van der Waals surface area (Å²) in [4.78, 5) is 15.8. The summed E-state index contributed by atoms with van der Waals surface area (Å²) in [6.45, 7) is -1.30. The van der Waals surface area contributed by atoms with Crippen molar-refractivity contribution in [2.45, 2.75) is 37.7 Å². The molecule has 0 aliphatic heterocycles. The number of ether oxygens (including phenoxy) is 1. The number of nitrogens with one attached hydrogen (secondary N) is 1. The molecular weight excluding hydrogens is 430 g/mol. The standard InChI is InChI=1S/C20H20F6N2O3/c21-19(22,23)12-31-17-6-5-15(28-11-17)10-16(29)7-8-27-18(30)9-13-1-3-14(4-2-13)20(24,25)26/h1-6,11,16,29H,7-10,12H2,(H,27,30). The van der Waals surface area contributed by atoms with E-state index in [1.165, 1.54) is 24.3 Å². The van der Waals surface area contributed by atoms with Gasteiger partial charge in [-0.05, 0) is 36.2 Å². The lowest BCUT2D eigenvalue weighted by molar-refractivity contribution is -0.153. The number of aliphatic hydroxyl groups is 1. The number of nitrogens with zero attached hydrogens (tertiary/aromatic N) is 1. The highest BCUT2D eigenvalue weighted by molar-refractivity contribution is 5.78. The normalized spacial score (nSPS) is 13.0. The van der Waals surface area contributed by atoms with Gasteiger partial charge in [-0.2, -0.15) is 26.3 Å². The second kappa shape index (κ2) is 10.5. The molecule has 0 fully saturated rings. The minimum absolute atomic E-state index is 0.0499. The SMILES string of the molecule is O=C(Cc1ccc(C(F)(F)F)cc1)NCCC(O)Cc1ccc(OCC(F)(F)F)cn1. The summed E-state index contributed by atoms with van der Waals surface area (Å²) in [6.07, 6.45) is -8.43. The van der Waals surface area contributed by atoms with E-state index in [0.717, 1.165) is 18.3 Å². The van der Waals surface area contributed by atoms with E-state index in [2.05, 4.69) is 15.0 Å². The average Bonchev–Trinajstić information content (AvgIpc) is 2.66. The Morgan fingerprint density at radius 2 is 1.74 bits per heavy atom. The quantitative estimate of drug-likeness (QED) is 0.572. The Hall–Kier alpha value is -2.82. The number of aliphatic hydroxyl groups excluding tert-OH is 1. The van der Waals surface area contributed by atoms with Crippen LogP contribution in [-0.2, 0) is 23.8 Å². The predicted octanol–water partition coefficient (Wildman–Crippen LogP) is 3.69. The summed E-state index contributed by atoms with van der Waals surface area (Å²) in [7, 11) is 0. The molecule has 1 amide bonds. The summed E-state index contributed by atoms with van der Waals surface area (Å²) in [5, 5.41) is 12.6. The average molecular weight is 450 g/mol. The van der Waals surface area contributed by atoms with Gasteiger partial charge >= 0.3 is 12.4 Å². The lowest BCUT2D eigenvalue weighted by Crippen LogP contribution is -2.29. The maximum atomic E-state index is 12.5. The molecule has 2 N–H and O–H groups in total. The van der Waals surface area contributed by atoms with Crippen LogP contribution in [0, 0.1) is 0 Å². The molecule has 1 unspecified atom stereocenters. The van der Waals surface area contributed by atoms with E-state index < -0.39 is 36.5 Å². The molecule has 1 aromatic heterocycles. The Morgan fingerprint density at radius 3 is 2.29 bits per heavy atom. The second-order valence-electron chi connectivity index (χ2n) is 6.76. The van der Waals surface area contributed by atoms with Crippen LogP contribution < -0.4 is 10.1 Å². The van der Waals surface area contributed by atoms with Crippen LogP contribution in [0.25, 0.3) is 0 Å². The lowest BCUT2D eigenvalue weighted by Gasteiger charge is -2.12. The molecular formula is C20H20F6N2O3. The van der Waals surface area contributed by atoms with Gasteiger partial charge in [0, 0.05) is 18.7 Å². The first-order valence-corrected chi connectivity index (χ1v) is 9.18. The van der Waals surface area contributed by atoms with Crippen LogP contribution in [0.5, 0.6) is 5.75 Å². The fraction of sp³-hybridized carbons (Fsp3) is 0.400. The molecule has 0 aliphatic rings. The van der Waals surface area contributed by atoms with Gasteiger partial charge in [-0.15, -0.1) is 0 Å². The molecule has 170 valence electrons. The van der Waals surface area contributed by atoms with Crippen molar-refractivity contribution in [3.63, 3.8) is 0 Å². The van der Waals surface area contributed by atoms with Gasteiger partial charge in [0.1, 0.15) is 5.75 Å². The van der Waals surface area contributed by atoms with Gasteiger partial charge in [0.15, 0.2) is 6.61 Å². The van der Waals surface area contributed by atoms with Crippen molar-refractivity contribution in [1.29, 1.82) is 0 Å². The van der Waals surface area contributed by atoms with Crippen LogP contribution in [0.1, 0.15) is 23.2 Å². The first kappa shape index (κ1) is 24.4. The number of aromatic nitrogens is 1. The zero-order valence-corrected chi connectivity index (χ0v) is 16.1. The van der Waals surface area contributed by atoms with E-state index in [-0.39, 0.29) is 31.6 Å². The molecule has 11 heteroatoms. The maximum absolute atomic E-state index is 12.5. The summed E-state index contributed by atoms with van der Waals surface area (Å²) in [5.41, 5.74) is 0.0550. The number of carbonyl (C=O) groups is 1. The van der Waals surface area contributed by atoms with Gasteiger partial charge in [-0.3, -0.25) is 9.78 Å². The van der Waals surface area contributed by atoms with Crippen molar-refractivity contribution < 1.29 is 41.0 Å². The number of halogens is 6. The zero-order valence-electron chi connectivity index (χ0n) is 16.1. The van der Waals surface area contributed by atoms with E-state index in [0.29, 0.717) is 11.3 Å². The van der Waals surface area contributed by atoms with E-state index in [4.69, 9.17) is 0 Å². The van der Waals surface area contributed by atoms with Crippen molar-refractivity contribution in [3.8, 4) is 5.75 Å².